The van der Waals surface area contributed by atoms with E-state index in [0.717, 1.165) is 0 Å². The summed E-state index contributed by atoms with van der Waals surface area (Å²) in [6.45, 7) is 0. The quantitative estimate of drug-likeness (QED) is 0.303. The Hall–Kier alpha value is 2.35. The Morgan fingerprint density at radius 3 is 2.05 bits per heavy atom. The summed E-state index contributed by atoms with van der Waals surface area (Å²) in [5.74, 6) is -1.61. The van der Waals surface area contributed by atoms with E-state index < -0.39 is 19.2 Å². The molecular formula is C9H8Na3O5PS. The number of carboxylic acids is 1. The van der Waals surface area contributed by atoms with E-state index in [-0.39, 0.29) is 95.1 Å². The van der Waals surface area contributed by atoms with Crippen molar-refractivity contribution in [3.63, 3.8) is 0 Å². The molecule has 0 fully saturated rings. The van der Waals surface area contributed by atoms with Crippen molar-refractivity contribution >= 4 is 25.4 Å². The summed E-state index contributed by atoms with van der Waals surface area (Å²) in [6.07, 6.45) is -1.69. The maximum atomic E-state index is 10.7. The minimum Gasteiger partial charge on any atom is -0.676 e. The summed E-state index contributed by atoms with van der Waals surface area (Å²) in [5, 5.41) is 10.6. The molecule has 0 saturated carbocycles. The smallest absolute Gasteiger partial charge is 0.676 e. The first-order chi connectivity index (χ1) is 7.38. The zero-order valence-electron chi connectivity index (χ0n) is 11.1. The van der Waals surface area contributed by atoms with Crippen molar-refractivity contribution in [1.82, 2.24) is 0 Å². The van der Waals surface area contributed by atoms with E-state index in [1.165, 1.54) is 0 Å². The van der Waals surface area contributed by atoms with Gasteiger partial charge in [0.15, 0.2) is 0 Å². The van der Waals surface area contributed by atoms with Gasteiger partial charge in [-0.25, -0.2) is 0 Å². The molecule has 0 aliphatic carbocycles. The molecule has 0 aromatic heterocycles. The van der Waals surface area contributed by atoms with Crippen molar-refractivity contribution in [2.24, 2.45) is 0 Å². The van der Waals surface area contributed by atoms with Gasteiger partial charge in [0, 0.05) is 6.42 Å². The number of benzene rings is 1. The largest absolute Gasteiger partial charge is 1.00 e. The number of carboxylic acid groups (broad SMARTS) is 1. The predicted molar refractivity (Wildman–Crippen MR) is 54.3 cm³/mol. The molecule has 5 nitrogen and oxygen atoms in total. The van der Waals surface area contributed by atoms with Gasteiger partial charge in [0.1, 0.15) is 6.10 Å². The normalized spacial score (nSPS) is 11.3. The number of hydrogen-bond acceptors (Lipinski definition) is 6. The van der Waals surface area contributed by atoms with Crippen LogP contribution >= 0.6 is 7.15 Å². The Labute approximate surface area is 184 Å². The number of hydrogen-bond donors (Lipinski definition) is 0. The number of aliphatic carboxylic acids is 1. The van der Waals surface area contributed by atoms with Crippen LogP contribution < -0.4 is 104 Å². The topological polar surface area (TPSA) is 95.5 Å². The molecule has 0 radical (unpaired) electrons. The Morgan fingerprint density at radius 2 is 1.68 bits per heavy atom. The minimum absolute atomic E-state index is 0. The standard InChI is InChI=1S/C9H11O5PS.3Na/c10-9(11)8(14-15(12,13)16)6-7-4-2-1-3-5-7;;;/h1-5,8H,6H2,(H,10,11)(H2,12,13,16);;;/q;3*+1/p-3/t8-;;;/m0.../s1. The molecule has 1 aromatic rings. The average Bonchev–Trinajstić information content (AvgIpc) is 2.16. The van der Waals surface area contributed by atoms with Crippen LogP contribution in [0.2, 0.25) is 0 Å². The molecule has 0 aliphatic rings. The summed E-state index contributed by atoms with van der Waals surface area (Å²) >= 11 is 3.98. The average molecular weight is 328 g/mol. The van der Waals surface area contributed by atoms with E-state index in [1.807, 2.05) is 0 Å². The Balaban J connectivity index is -0.000000853. The van der Waals surface area contributed by atoms with Crippen LogP contribution in [-0.4, -0.2) is 12.1 Å². The van der Waals surface area contributed by atoms with E-state index in [2.05, 4.69) is 16.8 Å². The van der Waals surface area contributed by atoms with Gasteiger partial charge in [-0.15, -0.1) is 0 Å². The van der Waals surface area contributed by atoms with Gasteiger partial charge in [0.05, 0.1) is 5.97 Å². The van der Waals surface area contributed by atoms with Gasteiger partial charge in [-0.1, -0.05) is 37.5 Å². The van der Waals surface area contributed by atoms with Crippen LogP contribution in [0.1, 0.15) is 5.56 Å². The third-order valence-electron chi connectivity index (χ3n) is 1.78. The van der Waals surface area contributed by atoms with E-state index in [0.29, 0.717) is 5.56 Å². The van der Waals surface area contributed by atoms with Crippen molar-refractivity contribution in [1.29, 1.82) is 0 Å². The van der Waals surface area contributed by atoms with Gasteiger partial charge in [-0.3, -0.25) is 4.52 Å². The Bertz CT molecular complexity index is 363. The third kappa shape index (κ3) is 12.6. The molecule has 0 aliphatic heterocycles. The fourth-order valence-electron chi connectivity index (χ4n) is 1.15. The van der Waals surface area contributed by atoms with E-state index in [9.17, 15) is 19.7 Å². The first-order valence-electron chi connectivity index (χ1n) is 4.34. The molecule has 1 rings (SSSR count). The van der Waals surface area contributed by atoms with Crippen molar-refractivity contribution in [2.75, 3.05) is 0 Å². The van der Waals surface area contributed by atoms with Gasteiger partial charge in [-0.2, -0.15) is 0 Å². The van der Waals surface area contributed by atoms with Crippen molar-refractivity contribution in [3.05, 3.63) is 35.9 Å². The molecule has 0 N–H and O–H groups in total. The van der Waals surface area contributed by atoms with Crippen LogP contribution in [0, 0.1) is 0 Å². The second-order valence-electron chi connectivity index (χ2n) is 3.05. The zero-order valence-corrected chi connectivity index (χ0v) is 18.8. The molecule has 19 heavy (non-hydrogen) atoms. The number of carbonyl (C=O) groups excluding carboxylic acids is 1. The molecular weight excluding hydrogens is 320 g/mol. The van der Waals surface area contributed by atoms with Crippen LogP contribution in [0.25, 0.3) is 0 Å². The van der Waals surface area contributed by atoms with Gasteiger partial charge >= 0.3 is 88.7 Å². The van der Waals surface area contributed by atoms with Crippen LogP contribution in [0.4, 0.5) is 0 Å². The fourth-order valence-corrected chi connectivity index (χ4v) is 1.93. The van der Waals surface area contributed by atoms with E-state index in [1.54, 1.807) is 30.3 Å². The first kappa shape index (κ1) is 26.3. The molecule has 10 heteroatoms. The molecule has 0 spiro atoms. The van der Waals surface area contributed by atoms with E-state index >= 15 is 0 Å². The molecule has 0 amide bonds. The van der Waals surface area contributed by atoms with Crippen molar-refractivity contribution in [2.45, 2.75) is 12.5 Å². The summed E-state index contributed by atoms with van der Waals surface area (Å²) < 4.78 is 4.26. The Morgan fingerprint density at radius 1 is 1.21 bits per heavy atom. The second-order valence-corrected chi connectivity index (χ2v) is 5.50. The molecule has 88 valence electrons. The van der Waals surface area contributed by atoms with Crippen LogP contribution in [0.3, 0.4) is 0 Å². The SMILES string of the molecule is O=C([O-])[C@H](Cc1ccccc1)O[P+]([O-])([O-])[S-].[Na+].[Na+].[Na+]. The van der Waals surface area contributed by atoms with Crippen LogP contribution in [-0.2, 0) is 28.0 Å². The fraction of sp³-hybridized carbons (Fsp3) is 0.222. The maximum Gasteiger partial charge on any atom is 1.00 e. The molecule has 0 saturated heterocycles. The molecule has 0 bridgehead atoms. The number of rotatable bonds is 5. The molecule has 1 aromatic carbocycles. The van der Waals surface area contributed by atoms with Crippen LogP contribution in [0.5, 0.6) is 0 Å². The summed E-state index contributed by atoms with van der Waals surface area (Å²) in [7, 11) is -4.50. The van der Waals surface area contributed by atoms with Gasteiger partial charge in [0.2, 0.25) is 0 Å². The maximum absolute atomic E-state index is 10.7. The van der Waals surface area contributed by atoms with Gasteiger partial charge in [-0.05, 0) is 5.56 Å². The predicted octanol–water partition coefficient (Wildman–Crippen LogP) is -10.7. The summed E-state index contributed by atoms with van der Waals surface area (Å²) in [4.78, 5) is 32.0. The first-order valence-corrected chi connectivity index (χ1v) is 6.89. The van der Waals surface area contributed by atoms with E-state index in [4.69, 9.17) is 0 Å². The van der Waals surface area contributed by atoms with Crippen molar-refractivity contribution < 1.29 is 113 Å². The minimum atomic E-state index is -4.50. The molecule has 0 unspecified atom stereocenters. The van der Waals surface area contributed by atoms with Gasteiger partial charge in [0.25, 0.3) is 0 Å². The van der Waals surface area contributed by atoms with Crippen molar-refractivity contribution in [3.8, 4) is 0 Å². The second kappa shape index (κ2) is 12.9. The molecule has 1 atom stereocenters. The monoisotopic (exact) mass is 328 g/mol. The molecule has 0 heterocycles. The van der Waals surface area contributed by atoms with Crippen LogP contribution in [0.15, 0.2) is 30.3 Å². The Kier molecular flexibility index (Phi) is 17.8. The van der Waals surface area contributed by atoms with Gasteiger partial charge < -0.3 is 31.9 Å². The summed E-state index contributed by atoms with van der Waals surface area (Å²) in [6, 6.07) is 8.46. The third-order valence-corrected chi connectivity index (χ3v) is 2.55. The summed E-state index contributed by atoms with van der Waals surface area (Å²) in [5.41, 5.74) is 0.625. The number of carbonyl (C=O) groups is 1. The zero-order chi connectivity index (χ0) is 12.2.